The first-order valence-corrected chi connectivity index (χ1v) is 10.2. The standard InChI is InChI=1S/C22H27NO4/c24-18-11-22(4-6-26-7-5-22)14-23(12-18)21(25)10-17-13-27-20-9-16-3-1-2-15(16)8-19(17)20/h8-9,13,18,24H,1-7,10-12,14H2. The second-order valence-corrected chi connectivity index (χ2v) is 8.65. The molecule has 2 aromatic rings. The number of carbonyl (C=O) groups is 1. The molecular formula is C22H27NO4. The lowest BCUT2D eigenvalue weighted by Gasteiger charge is -2.46. The van der Waals surface area contributed by atoms with Crippen molar-refractivity contribution in [3.8, 4) is 0 Å². The lowest BCUT2D eigenvalue weighted by molar-refractivity contribution is -0.141. The molecule has 3 heterocycles. The Kier molecular flexibility index (Phi) is 4.25. The third-order valence-corrected chi connectivity index (χ3v) is 6.74. The molecule has 1 unspecified atom stereocenters. The summed E-state index contributed by atoms with van der Waals surface area (Å²) in [7, 11) is 0. The molecule has 1 N–H and O–H groups in total. The van der Waals surface area contributed by atoms with Gasteiger partial charge in [0.25, 0.3) is 0 Å². The van der Waals surface area contributed by atoms with E-state index in [-0.39, 0.29) is 11.3 Å². The number of ether oxygens (including phenoxy) is 1. The molecule has 0 bridgehead atoms. The summed E-state index contributed by atoms with van der Waals surface area (Å²) in [5.41, 5.74) is 4.65. The minimum atomic E-state index is -0.440. The Morgan fingerprint density at radius 1 is 1.22 bits per heavy atom. The first-order chi connectivity index (χ1) is 13.1. The van der Waals surface area contributed by atoms with E-state index in [1.165, 1.54) is 17.5 Å². The summed E-state index contributed by atoms with van der Waals surface area (Å²) in [5, 5.41) is 11.5. The summed E-state index contributed by atoms with van der Waals surface area (Å²) in [6.07, 6.45) is 7.71. The van der Waals surface area contributed by atoms with Crippen molar-refractivity contribution in [2.24, 2.45) is 5.41 Å². The highest BCUT2D eigenvalue weighted by Gasteiger charge is 2.41. The van der Waals surface area contributed by atoms with Gasteiger partial charge in [-0.25, -0.2) is 0 Å². The van der Waals surface area contributed by atoms with E-state index >= 15 is 0 Å². The largest absolute Gasteiger partial charge is 0.464 e. The van der Waals surface area contributed by atoms with Crippen LogP contribution in [0.2, 0.25) is 0 Å². The van der Waals surface area contributed by atoms with E-state index in [1.807, 2.05) is 4.90 Å². The number of hydrogen-bond acceptors (Lipinski definition) is 4. The minimum absolute atomic E-state index is 0.0187. The third-order valence-electron chi connectivity index (χ3n) is 6.74. The van der Waals surface area contributed by atoms with E-state index in [9.17, 15) is 9.90 Å². The number of β-amino-alcohol motifs (C(OH)–C–C–N with tert-alkyl or cyclic N) is 1. The van der Waals surface area contributed by atoms with Crippen LogP contribution in [0.15, 0.2) is 22.8 Å². The molecule has 144 valence electrons. The number of hydrogen-bond donors (Lipinski definition) is 1. The van der Waals surface area contributed by atoms with Crippen molar-refractivity contribution in [1.82, 2.24) is 4.90 Å². The molecule has 3 aliphatic rings. The number of nitrogens with zero attached hydrogens (tertiary/aromatic N) is 1. The summed E-state index contributed by atoms with van der Waals surface area (Å²) < 4.78 is 11.3. The molecule has 1 atom stereocenters. The maximum atomic E-state index is 13.1. The molecule has 2 aliphatic heterocycles. The lowest BCUT2D eigenvalue weighted by Crippen LogP contribution is -2.53. The van der Waals surface area contributed by atoms with Crippen LogP contribution in [0.5, 0.6) is 0 Å². The molecule has 5 rings (SSSR count). The zero-order chi connectivity index (χ0) is 18.4. The van der Waals surface area contributed by atoms with Gasteiger partial charge in [0.2, 0.25) is 5.91 Å². The normalized spacial score (nSPS) is 24.5. The van der Waals surface area contributed by atoms with Crippen LogP contribution in [0.1, 0.15) is 42.4 Å². The van der Waals surface area contributed by atoms with E-state index in [0.717, 1.165) is 68.4 Å². The smallest absolute Gasteiger partial charge is 0.227 e. The maximum Gasteiger partial charge on any atom is 0.227 e. The van der Waals surface area contributed by atoms with Gasteiger partial charge in [0, 0.05) is 37.3 Å². The SMILES string of the molecule is O=C(Cc1coc2cc3c(cc12)CCC3)N1CC(O)CC2(CCOCC2)C1. The predicted octanol–water partition coefficient (Wildman–Crippen LogP) is 2.85. The Morgan fingerprint density at radius 2 is 2.00 bits per heavy atom. The molecule has 1 aliphatic carbocycles. The second kappa shape index (κ2) is 6.64. The zero-order valence-corrected chi connectivity index (χ0v) is 15.7. The number of furan rings is 1. The average Bonchev–Trinajstić information content (AvgIpc) is 3.26. The third kappa shape index (κ3) is 3.17. The van der Waals surface area contributed by atoms with Crippen LogP contribution in [-0.4, -0.2) is 48.3 Å². The number of aliphatic hydroxyl groups is 1. The molecule has 1 amide bonds. The maximum absolute atomic E-state index is 13.1. The highest BCUT2D eigenvalue weighted by atomic mass is 16.5. The van der Waals surface area contributed by atoms with Gasteiger partial charge in [-0.05, 0) is 67.2 Å². The number of benzene rings is 1. The molecular weight excluding hydrogens is 342 g/mol. The summed E-state index contributed by atoms with van der Waals surface area (Å²) in [4.78, 5) is 14.9. The fraction of sp³-hybridized carbons (Fsp3) is 0.591. The molecule has 5 nitrogen and oxygen atoms in total. The Hall–Kier alpha value is -1.85. The van der Waals surface area contributed by atoms with Crippen LogP contribution in [0.25, 0.3) is 11.0 Å². The van der Waals surface area contributed by atoms with Gasteiger partial charge in [0.1, 0.15) is 5.58 Å². The number of likely N-dealkylation sites (tertiary alicyclic amines) is 1. The molecule has 5 heteroatoms. The molecule has 1 aromatic carbocycles. The van der Waals surface area contributed by atoms with Crippen LogP contribution in [0.3, 0.4) is 0 Å². The second-order valence-electron chi connectivity index (χ2n) is 8.65. The lowest BCUT2D eigenvalue weighted by atomic mass is 9.73. The average molecular weight is 369 g/mol. The van der Waals surface area contributed by atoms with Gasteiger partial charge in [-0.2, -0.15) is 0 Å². The number of amides is 1. The molecule has 0 radical (unpaired) electrons. The van der Waals surface area contributed by atoms with Crippen LogP contribution in [0, 0.1) is 5.41 Å². The summed E-state index contributed by atoms with van der Waals surface area (Å²) in [6.45, 7) is 2.63. The number of rotatable bonds is 2. The molecule has 1 aromatic heterocycles. The summed E-state index contributed by atoms with van der Waals surface area (Å²) in [6, 6.07) is 4.36. The van der Waals surface area contributed by atoms with E-state index < -0.39 is 6.10 Å². The fourth-order valence-corrected chi connectivity index (χ4v) is 5.27. The highest BCUT2D eigenvalue weighted by Crippen LogP contribution is 2.39. The number of aliphatic hydroxyl groups excluding tert-OH is 1. The van der Waals surface area contributed by atoms with Crippen molar-refractivity contribution in [3.05, 3.63) is 35.1 Å². The summed E-state index contributed by atoms with van der Waals surface area (Å²) >= 11 is 0. The number of aryl methyl sites for hydroxylation is 2. The van der Waals surface area contributed by atoms with Crippen molar-refractivity contribution >= 4 is 16.9 Å². The highest BCUT2D eigenvalue weighted by molar-refractivity contribution is 5.88. The number of carbonyl (C=O) groups excluding carboxylic acids is 1. The van der Waals surface area contributed by atoms with Crippen molar-refractivity contribution in [3.63, 3.8) is 0 Å². The van der Waals surface area contributed by atoms with Gasteiger partial charge in [-0.3, -0.25) is 4.79 Å². The van der Waals surface area contributed by atoms with Crippen LogP contribution < -0.4 is 0 Å². The molecule has 0 saturated carbocycles. The van der Waals surface area contributed by atoms with Crippen molar-refractivity contribution in [2.75, 3.05) is 26.3 Å². The first-order valence-electron chi connectivity index (χ1n) is 10.2. The van der Waals surface area contributed by atoms with Crippen LogP contribution >= 0.6 is 0 Å². The van der Waals surface area contributed by atoms with Gasteiger partial charge in [-0.15, -0.1) is 0 Å². The summed E-state index contributed by atoms with van der Waals surface area (Å²) in [5.74, 6) is 0.0859. The molecule has 27 heavy (non-hydrogen) atoms. The Balaban J connectivity index is 1.36. The number of fused-ring (bicyclic) bond motifs is 2. The van der Waals surface area contributed by atoms with Gasteiger partial charge in [-0.1, -0.05) is 0 Å². The Morgan fingerprint density at radius 3 is 2.81 bits per heavy atom. The van der Waals surface area contributed by atoms with Crippen LogP contribution in [0.4, 0.5) is 0 Å². The zero-order valence-electron chi connectivity index (χ0n) is 15.7. The van der Waals surface area contributed by atoms with E-state index in [0.29, 0.717) is 13.0 Å². The fourth-order valence-electron chi connectivity index (χ4n) is 5.27. The van der Waals surface area contributed by atoms with E-state index in [2.05, 4.69) is 12.1 Å². The van der Waals surface area contributed by atoms with Crippen molar-refractivity contribution < 1.29 is 19.1 Å². The van der Waals surface area contributed by atoms with Gasteiger partial charge in [0.05, 0.1) is 18.8 Å². The Bertz CT molecular complexity index is 865. The monoisotopic (exact) mass is 369 g/mol. The minimum Gasteiger partial charge on any atom is -0.464 e. The molecule has 1 spiro atoms. The van der Waals surface area contributed by atoms with E-state index in [1.54, 1.807) is 6.26 Å². The van der Waals surface area contributed by atoms with E-state index in [4.69, 9.17) is 9.15 Å². The van der Waals surface area contributed by atoms with Gasteiger partial charge < -0.3 is 19.2 Å². The van der Waals surface area contributed by atoms with Gasteiger partial charge >= 0.3 is 0 Å². The number of piperidine rings is 1. The van der Waals surface area contributed by atoms with Gasteiger partial charge in [0.15, 0.2) is 0 Å². The first kappa shape index (κ1) is 17.3. The van der Waals surface area contributed by atoms with Crippen molar-refractivity contribution in [2.45, 2.75) is 51.0 Å². The van der Waals surface area contributed by atoms with Crippen molar-refractivity contribution in [1.29, 1.82) is 0 Å². The topological polar surface area (TPSA) is 62.9 Å². The Labute approximate surface area is 159 Å². The van der Waals surface area contributed by atoms with Crippen LogP contribution in [-0.2, 0) is 28.8 Å². The molecule has 2 saturated heterocycles. The predicted molar refractivity (Wildman–Crippen MR) is 102 cm³/mol. The quantitative estimate of drug-likeness (QED) is 0.884. The molecule has 2 fully saturated rings.